The predicted octanol–water partition coefficient (Wildman–Crippen LogP) is 4.58. The molecular formula is C13H15ClN2S2. The van der Waals surface area contributed by atoms with E-state index in [1.165, 1.54) is 23.3 Å². The molecule has 0 radical (unpaired) electrons. The first kappa shape index (κ1) is 12.7. The molecule has 0 fully saturated rings. The van der Waals surface area contributed by atoms with Crippen LogP contribution in [0.3, 0.4) is 0 Å². The fraction of sp³-hybridized carbons (Fsp3) is 0.538. The molecule has 3 rings (SSSR count). The van der Waals surface area contributed by atoms with Crippen LogP contribution in [0.25, 0.3) is 10.2 Å². The van der Waals surface area contributed by atoms with Gasteiger partial charge in [0.05, 0.1) is 5.39 Å². The van der Waals surface area contributed by atoms with Gasteiger partial charge in [0.2, 0.25) is 0 Å². The maximum Gasteiger partial charge on any atom is 0.190 e. The smallest absolute Gasteiger partial charge is 0.190 e. The summed E-state index contributed by atoms with van der Waals surface area (Å²) in [7, 11) is 0. The quantitative estimate of drug-likeness (QED) is 0.471. The Hall–Kier alpha value is -0.320. The molecule has 0 saturated heterocycles. The summed E-state index contributed by atoms with van der Waals surface area (Å²) in [6.07, 6.45) is 3.56. The van der Waals surface area contributed by atoms with Crippen LogP contribution in [0.1, 0.15) is 30.7 Å². The number of aromatic nitrogens is 2. The largest absolute Gasteiger partial charge is 0.211 e. The Morgan fingerprint density at radius 2 is 2.17 bits per heavy atom. The van der Waals surface area contributed by atoms with Crippen LogP contribution >= 0.6 is 34.7 Å². The van der Waals surface area contributed by atoms with Crippen LogP contribution in [0.5, 0.6) is 0 Å². The van der Waals surface area contributed by atoms with Crippen molar-refractivity contribution in [2.45, 2.75) is 38.3 Å². The first-order valence-electron chi connectivity index (χ1n) is 6.25. The van der Waals surface area contributed by atoms with Crippen LogP contribution in [-0.4, -0.2) is 15.7 Å². The number of nitrogens with zero attached hydrogens (tertiary/aromatic N) is 2. The van der Waals surface area contributed by atoms with E-state index >= 15 is 0 Å². The number of hydrogen-bond donors (Lipinski definition) is 0. The van der Waals surface area contributed by atoms with Crippen LogP contribution in [0.2, 0.25) is 5.15 Å². The Kier molecular flexibility index (Phi) is 3.52. The van der Waals surface area contributed by atoms with E-state index in [-0.39, 0.29) is 0 Å². The molecule has 0 N–H and O–H groups in total. The van der Waals surface area contributed by atoms with Gasteiger partial charge in [-0.3, -0.25) is 0 Å². The van der Waals surface area contributed by atoms with E-state index in [2.05, 4.69) is 23.8 Å². The van der Waals surface area contributed by atoms with E-state index in [0.717, 1.165) is 27.5 Å². The Balaban J connectivity index is 2.01. The van der Waals surface area contributed by atoms with Gasteiger partial charge in [0.15, 0.2) is 5.16 Å². The second kappa shape index (κ2) is 4.99. The molecule has 2 heterocycles. The highest BCUT2D eigenvalue weighted by atomic mass is 35.5. The summed E-state index contributed by atoms with van der Waals surface area (Å²) in [5.41, 5.74) is 1.40. The molecule has 2 aromatic heterocycles. The third kappa shape index (κ3) is 2.26. The molecule has 0 atom stereocenters. The zero-order valence-corrected chi connectivity index (χ0v) is 12.9. The van der Waals surface area contributed by atoms with E-state index < -0.39 is 0 Å². The van der Waals surface area contributed by atoms with Crippen LogP contribution in [0.4, 0.5) is 0 Å². The molecule has 5 heteroatoms. The van der Waals surface area contributed by atoms with E-state index in [9.17, 15) is 0 Å². The van der Waals surface area contributed by atoms with Gasteiger partial charge in [-0.2, -0.15) is 0 Å². The van der Waals surface area contributed by atoms with Crippen LogP contribution in [-0.2, 0) is 12.8 Å². The molecule has 0 aliphatic heterocycles. The van der Waals surface area contributed by atoms with Crippen LogP contribution < -0.4 is 0 Å². The summed E-state index contributed by atoms with van der Waals surface area (Å²) in [4.78, 5) is 11.6. The second-order valence-corrected chi connectivity index (χ2v) is 7.47. The number of thiophene rings is 1. The zero-order valence-electron chi connectivity index (χ0n) is 10.5. The minimum absolute atomic E-state index is 0.640. The molecule has 2 aromatic rings. The first-order chi connectivity index (χ1) is 8.65. The van der Waals surface area contributed by atoms with Gasteiger partial charge >= 0.3 is 0 Å². The molecule has 1 aliphatic carbocycles. The molecule has 0 bridgehead atoms. The lowest BCUT2D eigenvalue weighted by Gasteiger charge is -2.04. The fourth-order valence-electron chi connectivity index (χ4n) is 2.24. The van der Waals surface area contributed by atoms with Crippen molar-refractivity contribution in [1.82, 2.24) is 9.97 Å². The van der Waals surface area contributed by atoms with Crippen molar-refractivity contribution >= 4 is 44.9 Å². The summed E-state index contributed by atoms with van der Waals surface area (Å²) in [6, 6.07) is 0. The number of hydrogen-bond acceptors (Lipinski definition) is 4. The number of rotatable bonds is 3. The zero-order chi connectivity index (χ0) is 12.7. The summed E-state index contributed by atoms with van der Waals surface area (Å²) in [5.74, 6) is 1.67. The Bertz CT molecular complexity index is 592. The summed E-state index contributed by atoms with van der Waals surface area (Å²) in [6.45, 7) is 4.40. The van der Waals surface area contributed by atoms with E-state index in [4.69, 9.17) is 11.6 Å². The monoisotopic (exact) mass is 298 g/mol. The van der Waals surface area contributed by atoms with Gasteiger partial charge in [-0.05, 0) is 30.7 Å². The molecule has 0 unspecified atom stereocenters. The minimum Gasteiger partial charge on any atom is -0.211 e. The topological polar surface area (TPSA) is 25.8 Å². The van der Waals surface area contributed by atoms with Gasteiger partial charge in [-0.1, -0.05) is 37.2 Å². The summed E-state index contributed by atoms with van der Waals surface area (Å²) < 4.78 is 0. The average molecular weight is 299 g/mol. The average Bonchev–Trinajstić information content (AvgIpc) is 2.85. The van der Waals surface area contributed by atoms with Crippen molar-refractivity contribution < 1.29 is 0 Å². The third-order valence-electron chi connectivity index (χ3n) is 3.05. The number of aryl methyl sites for hydroxylation is 2. The first-order valence-corrected chi connectivity index (χ1v) is 8.43. The van der Waals surface area contributed by atoms with Crippen LogP contribution in [0, 0.1) is 5.92 Å². The van der Waals surface area contributed by atoms with Gasteiger partial charge in [0, 0.05) is 10.6 Å². The Morgan fingerprint density at radius 3 is 2.94 bits per heavy atom. The number of thioether (sulfide) groups is 1. The highest BCUT2D eigenvalue weighted by molar-refractivity contribution is 7.99. The van der Waals surface area contributed by atoms with Crippen molar-refractivity contribution in [3.63, 3.8) is 0 Å². The third-order valence-corrected chi connectivity index (χ3v) is 5.78. The Labute approximate surface area is 120 Å². The Morgan fingerprint density at radius 1 is 1.33 bits per heavy atom. The van der Waals surface area contributed by atoms with Crippen molar-refractivity contribution in [1.29, 1.82) is 0 Å². The summed E-state index contributed by atoms with van der Waals surface area (Å²) >= 11 is 9.84. The van der Waals surface area contributed by atoms with Crippen LogP contribution in [0.15, 0.2) is 5.16 Å². The molecule has 0 spiro atoms. The minimum atomic E-state index is 0.640. The lowest BCUT2D eigenvalue weighted by Crippen LogP contribution is -1.94. The van der Waals surface area contributed by atoms with Crippen molar-refractivity contribution in [3.8, 4) is 0 Å². The van der Waals surface area contributed by atoms with E-state index in [1.54, 1.807) is 23.1 Å². The second-order valence-electron chi connectivity index (χ2n) is 5.04. The van der Waals surface area contributed by atoms with Gasteiger partial charge < -0.3 is 0 Å². The standard InChI is InChI=1S/C13H15ClN2S2/c1-7(2)6-17-13-15-11(14)10-8-4-3-5-9(8)18-12(10)16-13/h7H,3-6H2,1-2H3. The van der Waals surface area contributed by atoms with Crippen molar-refractivity contribution in [3.05, 3.63) is 15.6 Å². The van der Waals surface area contributed by atoms with Crippen molar-refractivity contribution in [2.24, 2.45) is 5.92 Å². The number of fused-ring (bicyclic) bond motifs is 3. The van der Waals surface area contributed by atoms with Gasteiger partial charge in [-0.15, -0.1) is 11.3 Å². The lowest BCUT2D eigenvalue weighted by molar-refractivity contribution is 0.748. The molecule has 18 heavy (non-hydrogen) atoms. The maximum atomic E-state index is 6.34. The molecule has 2 nitrogen and oxygen atoms in total. The van der Waals surface area contributed by atoms with Gasteiger partial charge in [-0.25, -0.2) is 9.97 Å². The van der Waals surface area contributed by atoms with Gasteiger partial charge in [0.25, 0.3) is 0 Å². The van der Waals surface area contributed by atoms with Crippen molar-refractivity contribution in [2.75, 3.05) is 5.75 Å². The van der Waals surface area contributed by atoms with Gasteiger partial charge in [0.1, 0.15) is 9.98 Å². The fourth-order valence-corrected chi connectivity index (χ4v) is 4.74. The predicted molar refractivity (Wildman–Crippen MR) is 80.0 cm³/mol. The molecule has 96 valence electrons. The van der Waals surface area contributed by atoms with E-state index in [1.807, 2.05) is 0 Å². The lowest BCUT2D eigenvalue weighted by atomic mass is 10.2. The maximum absolute atomic E-state index is 6.34. The van der Waals surface area contributed by atoms with E-state index in [0.29, 0.717) is 11.1 Å². The number of halogens is 1. The SMILES string of the molecule is CC(C)CSc1nc(Cl)c2c3c(sc2n1)CCC3. The molecular weight excluding hydrogens is 284 g/mol. The highest BCUT2D eigenvalue weighted by Crippen LogP contribution is 2.40. The summed E-state index contributed by atoms with van der Waals surface area (Å²) in [5, 5.41) is 2.58. The normalized spacial score (nSPS) is 14.7. The molecule has 0 aromatic carbocycles. The highest BCUT2D eigenvalue weighted by Gasteiger charge is 2.21. The molecule has 0 saturated carbocycles. The molecule has 1 aliphatic rings. The molecule has 0 amide bonds.